The number of rotatable bonds is 5. The maximum Gasteiger partial charge on any atom is 0.241 e. The van der Waals surface area contributed by atoms with Gasteiger partial charge in [0.1, 0.15) is 6.04 Å². The average molecular weight is 438 g/mol. The molecule has 2 aromatic rings. The van der Waals surface area contributed by atoms with E-state index in [2.05, 4.69) is 21.2 Å². The molecule has 0 spiro atoms. The topological polar surface area (TPSA) is 105 Å². The minimum Gasteiger partial charge on any atom is -0.454 e. The van der Waals surface area contributed by atoms with Gasteiger partial charge in [0.15, 0.2) is 11.5 Å². The number of benzene rings is 1. The molecule has 9 heteroatoms. The molecule has 0 radical (unpaired) electrons. The lowest BCUT2D eigenvalue weighted by molar-refractivity contribution is -0.137. The molecule has 0 saturated carbocycles. The fourth-order valence-electron chi connectivity index (χ4n) is 4.49. The number of likely N-dealkylation sites (tertiary alicyclic amines) is 1. The van der Waals surface area contributed by atoms with Gasteiger partial charge in [0.2, 0.25) is 18.6 Å². The van der Waals surface area contributed by atoms with Crippen molar-refractivity contribution in [3.05, 3.63) is 53.9 Å². The first-order valence-corrected chi connectivity index (χ1v) is 11.0. The molecule has 3 aliphatic rings. The summed E-state index contributed by atoms with van der Waals surface area (Å²) in [7, 11) is 0. The van der Waals surface area contributed by atoms with Crippen LogP contribution in [0.1, 0.15) is 36.6 Å². The first kappa shape index (κ1) is 20.7. The number of piperidine rings is 1. The standard InChI is InChI=1S/C23H27N5O4/c29-22(25-12-15-6-7-20-21(10-15)32-14-31-20)16-4-3-9-28(13-16)23(30)19-11-18(26-27-19)17-5-1-2-8-24-17/h1-2,5-8,10,16,18-19,26-27H,3-4,9,11-14H2,(H,25,29). The smallest absolute Gasteiger partial charge is 0.241 e. The van der Waals surface area contributed by atoms with E-state index in [1.165, 1.54) is 0 Å². The Kier molecular flexibility index (Phi) is 5.91. The molecule has 2 fully saturated rings. The second-order valence-electron chi connectivity index (χ2n) is 8.41. The molecule has 3 unspecified atom stereocenters. The van der Waals surface area contributed by atoms with Gasteiger partial charge in [-0.1, -0.05) is 12.1 Å². The Labute approximate surface area is 186 Å². The van der Waals surface area contributed by atoms with E-state index in [0.717, 1.165) is 29.8 Å². The number of aromatic nitrogens is 1. The molecule has 3 aliphatic heterocycles. The van der Waals surface area contributed by atoms with Gasteiger partial charge in [0.05, 0.1) is 17.7 Å². The molecule has 2 amide bonds. The number of amides is 2. The number of hydrogen-bond acceptors (Lipinski definition) is 7. The summed E-state index contributed by atoms with van der Waals surface area (Å²) in [4.78, 5) is 32.1. The van der Waals surface area contributed by atoms with E-state index in [1.807, 2.05) is 41.3 Å². The molecule has 0 aliphatic carbocycles. The fraction of sp³-hybridized carbons (Fsp3) is 0.435. The Morgan fingerprint density at radius 2 is 2.06 bits per heavy atom. The highest BCUT2D eigenvalue weighted by Crippen LogP contribution is 2.32. The van der Waals surface area contributed by atoms with E-state index in [-0.39, 0.29) is 36.6 Å². The van der Waals surface area contributed by atoms with Crippen LogP contribution in [0, 0.1) is 5.92 Å². The van der Waals surface area contributed by atoms with Gasteiger partial charge in [0, 0.05) is 25.8 Å². The summed E-state index contributed by atoms with van der Waals surface area (Å²) in [5.41, 5.74) is 8.15. The third-order valence-corrected chi connectivity index (χ3v) is 6.25. The molecule has 32 heavy (non-hydrogen) atoms. The van der Waals surface area contributed by atoms with E-state index >= 15 is 0 Å². The monoisotopic (exact) mass is 437 g/mol. The van der Waals surface area contributed by atoms with E-state index in [1.54, 1.807) is 6.20 Å². The third-order valence-electron chi connectivity index (χ3n) is 6.25. The number of pyridine rings is 1. The molecule has 0 bridgehead atoms. The van der Waals surface area contributed by atoms with Crippen LogP contribution in [-0.4, -0.2) is 47.6 Å². The molecule has 3 atom stereocenters. The molecule has 2 saturated heterocycles. The van der Waals surface area contributed by atoms with Crippen LogP contribution in [-0.2, 0) is 16.1 Å². The number of hydrazine groups is 1. The molecular formula is C23H27N5O4. The van der Waals surface area contributed by atoms with Crippen LogP contribution in [0.15, 0.2) is 42.6 Å². The summed E-state index contributed by atoms with van der Waals surface area (Å²) in [5, 5.41) is 3.01. The summed E-state index contributed by atoms with van der Waals surface area (Å²) in [6.45, 7) is 1.76. The van der Waals surface area contributed by atoms with E-state index < -0.39 is 0 Å². The van der Waals surface area contributed by atoms with Gasteiger partial charge >= 0.3 is 0 Å². The summed E-state index contributed by atoms with van der Waals surface area (Å²) in [6.07, 6.45) is 3.98. The minimum atomic E-state index is -0.322. The van der Waals surface area contributed by atoms with Gasteiger partial charge in [-0.05, 0) is 49.1 Å². The van der Waals surface area contributed by atoms with E-state index in [4.69, 9.17) is 9.47 Å². The molecule has 4 heterocycles. The maximum atomic E-state index is 13.1. The Bertz CT molecular complexity index is 986. The highest BCUT2D eigenvalue weighted by molar-refractivity contribution is 5.84. The predicted octanol–water partition coefficient (Wildman–Crippen LogP) is 1.27. The van der Waals surface area contributed by atoms with E-state index in [0.29, 0.717) is 31.8 Å². The Balaban J connectivity index is 1.14. The highest BCUT2D eigenvalue weighted by Gasteiger charge is 2.36. The SMILES string of the molecule is O=C(NCc1ccc2c(c1)OCO2)C1CCCN(C(=O)C2CC(c3ccccn3)NN2)C1. The molecule has 3 N–H and O–H groups in total. The number of carbonyl (C=O) groups excluding carboxylic acids is 2. The van der Waals surface area contributed by atoms with Crippen LogP contribution < -0.4 is 25.6 Å². The highest BCUT2D eigenvalue weighted by atomic mass is 16.7. The second kappa shape index (κ2) is 9.13. The Morgan fingerprint density at radius 1 is 1.16 bits per heavy atom. The number of nitrogens with one attached hydrogen (secondary N) is 3. The summed E-state index contributed by atoms with van der Waals surface area (Å²) < 4.78 is 10.7. The number of ether oxygens (including phenoxy) is 2. The van der Waals surface area contributed by atoms with Crippen molar-refractivity contribution in [2.75, 3.05) is 19.9 Å². The quantitative estimate of drug-likeness (QED) is 0.647. The minimum absolute atomic E-state index is 0.00395. The molecule has 9 nitrogen and oxygen atoms in total. The normalized spacial score (nSPS) is 24.4. The summed E-state index contributed by atoms with van der Waals surface area (Å²) >= 11 is 0. The zero-order valence-corrected chi connectivity index (χ0v) is 17.8. The fourth-order valence-corrected chi connectivity index (χ4v) is 4.49. The van der Waals surface area contributed by atoms with Crippen LogP contribution in [0.5, 0.6) is 11.5 Å². The van der Waals surface area contributed by atoms with Crippen molar-refractivity contribution in [2.24, 2.45) is 5.92 Å². The van der Waals surface area contributed by atoms with E-state index in [9.17, 15) is 9.59 Å². The lowest BCUT2D eigenvalue weighted by atomic mass is 9.96. The summed E-state index contributed by atoms with van der Waals surface area (Å²) in [5.74, 6) is 1.23. The van der Waals surface area contributed by atoms with Crippen LogP contribution >= 0.6 is 0 Å². The third kappa shape index (κ3) is 4.39. The van der Waals surface area contributed by atoms with Gasteiger partial charge in [-0.2, -0.15) is 0 Å². The van der Waals surface area contributed by atoms with Crippen molar-refractivity contribution in [1.82, 2.24) is 26.1 Å². The van der Waals surface area contributed by atoms with Gasteiger partial charge in [0.25, 0.3) is 0 Å². The lowest BCUT2D eigenvalue weighted by Crippen LogP contribution is -2.51. The molecule has 1 aromatic carbocycles. The zero-order chi connectivity index (χ0) is 21.9. The average Bonchev–Trinajstić information content (AvgIpc) is 3.52. The second-order valence-corrected chi connectivity index (χ2v) is 8.41. The van der Waals surface area contributed by atoms with Gasteiger partial charge < -0.3 is 19.7 Å². The Morgan fingerprint density at radius 3 is 2.94 bits per heavy atom. The number of fused-ring (bicyclic) bond motifs is 1. The van der Waals surface area contributed by atoms with Gasteiger partial charge in [-0.3, -0.25) is 14.6 Å². The van der Waals surface area contributed by atoms with Crippen molar-refractivity contribution >= 4 is 11.8 Å². The lowest BCUT2D eigenvalue weighted by Gasteiger charge is -2.33. The van der Waals surface area contributed by atoms with Crippen LogP contribution in [0.3, 0.4) is 0 Å². The first-order valence-electron chi connectivity index (χ1n) is 11.0. The predicted molar refractivity (Wildman–Crippen MR) is 115 cm³/mol. The van der Waals surface area contributed by atoms with Gasteiger partial charge in [-0.25, -0.2) is 10.9 Å². The zero-order valence-electron chi connectivity index (χ0n) is 17.8. The first-order chi connectivity index (χ1) is 15.7. The molecule has 168 valence electrons. The molecule has 1 aromatic heterocycles. The van der Waals surface area contributed by atoms with Crippen molar-refractivity contribution in [3.63, 3.8) is 0 Å². The molecular weight excluding hydrogens is 410 g/mol. The van der Waals surface area contributed by atoms with Crippen molar-refractivity contribution in [2.45, 2.75) is 37.9 Å². The van der Waals surface area contributed by atoms with Gasteiger partial charge in [-0.15, -0.1) is 0 Å². The number of carbonyl (C=O) groups is 2. The largest absolute Gasteiger partial charge is 0.454 e. The van der Waals surface area contributed by atoms with Crippen molar-refractivity contribution in [3.8, 4) is 11.5 Å². The number of nitrogens with zero attached hydrogens (tertiary/aromatic N) is 2. The Hall–Kier alpha value is -3.17. The summed E-state index contributed by atoms with van der Waals surface area (Å²) in [6, 6.07) is 11.1. The van der Waals surface area contributed by atoms with Crippen LogP contribution in [0.2, 0.25) is 0 Å². The molecule has 5 rings (SSSR count). The van der Waals surface area contributed by atoms with Crippen molar-refractivity contribution in [1.29, 1.82) is 0 Å². The van der Waals surface area contributed by atoms with Crippen LogP contribution in [0.4, 0.5) is 0 Å². The van der Waals surface area contributed by atoms with Crippen molar-refractivity contribution < 1.29 is 19.1 Å². The van der Waals surface area contributed by atoms with Crippen LogP contribution in [0.25, 0.3) is 0 Å². The number of hydrogen-bond donors (Lipinski definition) is 3. The maximum absolute atomic E-state index is 13.1.